The van der Waals surface area contributed by atoms with Crippen molar-refractivity contribution in [3.63, 3.8) is 0 Å². The third-order valence-electron chi connectivity index (χ3n) is 4.08. The third-order valence-corrected chi connectivity index (χ3v) is 5.33. The zero-order valence-corrected chi connectivity index (χ0v) is 16.2. The van der Waals surface area contributed by atoms with Crippen molar-refractivity contribution in [1.82, 2.24) is 0 Å². The molecule has 2 aromatic carbocycles. The van der Waals surface area contributed by atoms with Gasteiger partial charge in [0.15, 0.2) is 5.78 Å². The minimum atomic E-state index is -0.442. The summed E-state index contributed by atoms with van der Waals surface area (Å²) in [5.41, 5.74) is 1.80. The molecule has 0 aliphatic carbocycles. The van der Waals surface area contributed by atoms with E-state index in [0.717, 1.165) is 0 Å². The molecular weight excluding hydrogens is 363 g/mol. The van der Waals surface area contributed by atoms with Crippen LogP contribution in [0.4, 0.5) is 4.39 Å². The normalized spacial score (nSPS) is 14.7. The lowest BCUT2D eigenvalue weighted by Crippen LogP contribution is -2.25. The van der Waals surface area contributed by atoms with Crippen molar-refractivity contribution in [2.45, 2.75) is 36.8 Å². The van der Waals surface area contributed by atoms with Gasteiger partial charge in [0.25, 0.3) is 0 Å². The van der Waals surface area contributed by atoms with Crippen LogP contribution in [0.25, 0.3) is 0 Å². The maximum Gasteiger partial charge on any atom is 0.338 e. The Morgan fingerprint density at radius 2 is 1.93 bits per heavy atom. The Labute approximate surface area is 162 Å². The highest BCUT2D eigenvalue weighted by molar-refractivity contribution is 8.00. The van der Waals surface area contributed by atoms with Gasteiger partial charge in [0.2, 0.25) is 0 Å². The fourth-order valence-electron chi connectivity index (χ4n) is 2.81. The van der Waals surface area contributed by atoms with Crippen molar-refractivity contribution < 1.29 is 18.7 Å². The summed E-state index contributed by atoms with van der Waals surface area (Å²) in [5, 5.41) is 0. The van der Waals surface area contributed by atoms with Crippen molar-refractivity contribution in [3.8, 4) is 11.8 Å². The molecule has 138 valence electrons. The number of hydrogen-bond acceptors (Lipinski definition) is 4. The van der Waals surface area contributed by atoms with Crippen LogP contribution in [0.3, 0.4) is 0 Å². The fourth-order valence-corrected chi connectivity index (χ4v) is 4.06. The monoisotopic (exact) mass is 382 g/mol. The minimum Gasteiger partial charge on any atom is -0.462 e. The number of carbonyl (C=O) groups is 2. The number of hydrogen-bond donors (Lipinski definition) is 0. The van der Waals surface area contributed by atoms with E-state index in [1.165, 1.54) is 23.9 Å². The van der Waals surface area contributed by atoms with Gasteiger partial charge in [-0.3, -0.25) is 4.79 Å². The number of ether oxygens (including phenoxy) is 1. The lowest BCUT2D eigenvalue weighted by Gasteiger charge is -2.29. The lowest BCUT2D eigenvalue weighted by molar-refractivity contribution is 0.0526. The summed E-state index contributed by atoms with van der Waals surface area (Å²) >= 11 is 1.51. The Morgan fingerprint density at radius 3 is 2.59 bits per heavy atom. The summed E-state index contributed by atoms with van der Waals surface area (Å²) in [4.78, 5) is 24.7. The van der Waals surface area contributed by atoms with E-state index in [1.54, 1.807) is 31.2 Å². The van der Waals surface area contributed by atoms with Crippen LogP contribution in [0, 0.1) is 17.7 Å². The maximum atomic E-state index is 14.4. The number of esters is 1. The molecule has 0 saturated carbocycles. The fraction of sp³-hybridized carbons (Fsp3) is 0.273. The molecule has 1 aliphatic rings. The van der Waals surface area contributed by atoms with E-state index >= 15 is 0 Å². The van der Waals surface area contributed by atoms with Crippen LogP contribution in [0.5, 0.6) is 0 Å². The second-order valence-electron chi connectivity index (χ2n) is 6.84. The van der Waals surface area contributed by atoms with Gasteiger partial charge < -0.3 is 4.74 Å². The average Bonchev–Trinajstić information content (AvgIpc) is 2.60. The summed E-state index contributed by atoms with van der Waals surface area (Å²) in [7, 11) is 0. The summed E-state index contributed by atoms with van der Waals surface area (Å²) in [5.74, 6) is 4.85. The van der Waals surface area contributed by atoms with Crippen LogP contribution in [-0.4, -0.2) is 23.1 Å². The number of benzene rings is 2. The first kappa shape index (κ1) is 19.2. The van der Waals surface area contributed by atoms with Crippen LogP contribution < -0.4 is 0 Å². The second kappa shape index (κ2) is 7.58. The second-order valence-corrected chi connectivity index (χ2v) is 8.59. The highest BCUT2D eigenvalue weighted by atomic mass is 32.2. The molecule has 0 fully saturated rings. The Morgan fingerprint density at radius 1 is 1.22 bits per heavy atom. The molecule has 1 aliphatic heterocycles. The average molecular weight is 382 g/mol. The molecule has 0 aromatic heterocycles. The first-order valence-electron chi connectivity index (χ1n) is 8.64. The molecule has 3 rings (SSSR count). The first-order valence-corrected chi connectivity index (χ1v) is 9.46. The van der Waals surface area contributed by atoms with E-state index in [2.05, 4.69) is 11.8 Å². The number of thioether (sulfide) groups is 1. The molecule has 0 spiro atoms. The Kier molecular flexibility index (Phi) is 5.38. The van der Waals surface area contributed by atoms with Crippen molar-refractivity contribution in [2.75, 3.05) is 6.61 Å². The molecule has 2 aromatic rings. The molecule has 0 amide bonds. The van der Waals surface area contributed by atoms with Crippen molar-refractivity contribution in [2.24, 2.45) is 0 Å². The molecule has 0 radical (unpaired) electrons. The van der Waals surface area contributed by atoms with E-state index in [9.17, 15) is 14.0 Å². The van der Waals surface area contributed by atoms with Crippen molar-refractivity contribution in [3.05, 3.63) is 64.5 Å². The molecule has 0 N–H and O–H groups in total. The SMILES string of the molecule is CCOC(=O)c1ccc(C#Cc2cc3c(cc2F)SC(C)(C)CC3=O)cc1. The van der Waals surface area contributed by atoms with Crippen LogP contribution in [0.15, 0.2) is 41.3 Å². The minimum absolute atomic E-state index is 0.00981. The summed E-state index contributed by atoms with van der Waals surface area (Å²) in [6.07, 6.45) is 0.415. The van der Waals surface area contributed by atoms with Crippen molar-refractivity contribution >= 4 is 23.5 Å². The largest absolute Gasteiger partial charge is 0.462 e. The Hall–Kier alpha value is -2.58. The topological polar surface area (TPSA) is 43.4 Å². The molecule has 1 heterocycles. The maximum absolute atomic E-state index is 14.4. The van der Waals surface area contributed by atoms with Gasteiger partial charge in [-0.05, 0) is 57.2 Å². The highest BCUT2D eigenvalue weighted by Gasteiger charge is 2.32. The van der Waals surface area contributed by atoms with Gasteiger partial charge in [0, 0.05) is 27.2 Å². The van der Waals surface area contributed by atoms with Gasteiger partial charge in [-0.25, -0.2) is 9.18 Å². The van der Waals surface area contributed by atoms with Gasteiger partial charge in [-0.1, -0.05) is 11.8 Å². The number of fused-ring (bicyclic) bond motifs is 1. The standard InChI is InChI=1S/C22H19FO3S/c1-4-26-21(25)15-8-5-14(6-9-15)7-10-16-11-17-19(24)13-22(2,3)27-20(17)12-18(16)23/h5-6,8-9,11-12H,4,13H2,1-3H3. The Balaban J connectivity index is 1.86. The molecule has 5 heteroatoms. The number of rotatable bonds is 2. The van der Waals surface area contributed by atoms with Crippen LogP contribution in [0.2, 0.25) is 0 Å². The number of Topliss-reactive ketones (excluding diaryl/α,β-unsaturated/α-hetero) is 1. The molecule has 3 nitrogen and oxygen atoms in total. The van der Waals surface area contributed by atoms with E-state index in [-0.39, 0.29) is 16.1 Å². The van der Waals surface area contributed by atoms with Crippen LogP contribution in [0.1, 0.15) is 59.0 Å². The zero-order valence-electron chi connectivity index (χ0n) is 15.4. The molecule has 27 heavy (non-hydrogen) atoms. The van der Waals surface area contributed by atoms with E-state index in [0.29, 0.717) is 34.6 Å². The first-order chi connectivity index (χ1) is 12.8. The van der Waals surface area contributed by atoms with E-state index < -0.39 is 11.8 Å². The lowest BCUT2D eigenvalue weighted by atomic mass is 9.97. The third kappa shape index (κ3) is 4.40. The highest BCUT2D eigenvalue weighted by Crippen LogP contribution is 2.43. The quantitative estimate of drug-likeness (QED) is 0.550. The number of carbonyl (C=O) groups excluding carboxylic acids is 2. The van der Waals surface area contributed by atoms with Gasteiger partial charge in [0.05, 0.1) is 17.7 Å². The van der Waals surface area contributed by atoms with Crippen LogP contribution in [-0.2, 0) is 4.74 Å². The Bertz CT molecular complexity index is 966. The van der Waals surface area contributed by atoms with E-state index in [1.807, 2.05) is 13.8 Å². The van der Waals surface area contributed by atoms with Gasteiger partial charge in [-0.15, -0.1) is 11.8 Å². The molecule has 0 saturated heterocycles. The molecule has 0 atom stereocenters. The predicted octanol–water partition coefficient (Wildman–Crippen LogP) is 4.86. The summed E-state index contributed by atoms with van der Waals surface area (Å²) < 4.78 is 19.1. The summed E-state index contributed by atoms with van der Waals surface area (Å²) in [6, 6.07) is 9.53. The van der Waals surface area contributed by atoms with Gasteiger partial charge in [-0.2, -0.15) is 0 Å². The van der Waals surface area contributed by atoms with E-state index in [4.69, 9.17) is 4.74 Å². The van der Waals surface area contributed by atoms with Crippen LogP contribution >= 0.6 is 11.8 Å². The number of halogens is 1. The summed E-state index contributed by atoms with van der Waals surface area (Å²) in [6.45, 7) is 6.01. The number of ketones is 1. The smallest absolute Gasteiger partial charge is 0.338 e. The molecule has 0 unspecified atom stereocenters. The predicted molar refractivity (Wildman–Crippen MR) is 104 cm³/mol. The zero-order chi connectivity index (χ0) is 19.6. The van der Waals surface area contributed by atoms with Gasteiger partial charge >= 0.3 is 5.97 Å². The molecular formula is C22H19FO3S. The molecule has 0 bridgehead atoms. The van der Waals surface area contributed by atoms with Crippen molar-refractivity contribution in [1.29, 1.82) is 0 Å². The van der Waals surface area contributed by atoms with Gasteiger partial charge in [0.1, 0.15) is 5.82 Å².